The van der Waals surface area contributed by atoms with E-state index in [0.29, 0.717) is 23.8 Å². The molecule has 0 spiro atoms. The second-order valence-electron chi connectivity index (χ2n) is 5.57. The number of nitrogens with zero attached hydrogens (tertiary/aromatic N) is 1. The Morgan fingerprint density at radius 3 is 2.95 bits per heavy atom. The molecular formula is C14H21NO4S2. The molecule has 1 aliphatic carbocycles. The highest BCUT2D eigenvalue weighted by atomic mass is 32.2. The molecule has 1 saturated heterocycles. The number of ether oxygens (including phenoxy) is 1. The minimum absolute atomic E-state index is 0.0131. The largest absolute Gasteiger partial charge is 0.396 e. The molecular weight excluding hydrogens is 310 g/mol. The zero-order valence-electron chi connectivity index (χ0n) is 11.9. The Morgan fingerprint density at radius 1 is 1.33 bits per heavy atom. The molecule has 0 aromatic carbocycles. The van der Waals surface area contributed by atoms with E-state index >= 15 is 0 Å². The monoisotopic (exact) mass is 331 g/mol. The Morgan fingerprint density at radius 2 is 2.14 bits per heavy atom. The molecule has 0 bridgehead atoms. The lowest BCUT2D eigenvalue weighted by Gasteiger charge is -2.42. The summed E-state index contributed by atoms with van der Waals surface area (Å²) < 4.78 is 33.5. The first-order chi connectivity index (χ1) is 10.1. The van der Waals surface area contributed by atoms with Gasteiger partial charge in [-0.15, -0.1) is 11.3 Å². The molecule has 1 N–H and O–H groups in total. The number of rotatable bonds is 4. The second-order valence-corrected chi connectivity index (χ2v) is 8.86. The number of hydrogen-bond donors (Lipinski definition) is 1. The van der Waals surface area contributed by atoms with Crippen molar-refractivity contribution in [1.29, 1.82) is 0 Å². The van der Waals surface area contributed by atoms with Gasteiger partial charge in [-0.2, -0.15) is 4.31 Å². The van der Waals surface area contributed by atoms with Gasteiger partial charge >= 0.3 is 0 Å². The molecule has 2 heterocycles. The first-order valence-electron chi connectivity index (χ1n) is 7.46. The van der Waals surface area contributed by atoms with Crippen LogP contribution in [-0.4, -0.2) is 49.7 Å². The molecule has 2 aliphatic rings. The quantitative estimate of drug-likeness (QED) is 0.910. The summed E-state index contributed by atoms with van der Waals surface area (Å²) in [6.07, 6.45) is 4.59. The van der Waals surface area contributed by atoms with E-state index < -0.39 is 10.0 Å². The normalized spacial score (nSPS) is 27.5. The van der Waals surface area contributed by atoms with Gasteiger partial charge in [-0.25, -0.2) is 8.42 Å². The highest BCUT2D eigenvalue weighted by Gasteiger charge is 2.41. The maximum absolute atomic E-state index is 12.9. The minimum Gasteiger partial charge on any atom is -0.396 e. The van der Waals surface area contributed by atoms with Crippen LogP contribution in [0.4, 0.5) is 0 Å². The standard InChI is InChI=1S/C14H21NO4S2/c16-9-7-11-5-6-14(20-11)21(17,18)15-8-10-19-13-4-2-1-3-12(13)15/h5-6,12-13,16H,1-4,7-10H2. The van der Waals surface area contributed by atoms with Gasteiger partial charge in [-0.1, -0.05) is 12.8 Å². The highest BCUT2D eigenvalue weighted by Crippen LogP contribution is 2.34. The molecule has 1 saturated carbocycles. The fourth-order valence-electron chi connectivity index (χ4n) is 3.22. The summed E-state index contributed by atoms with van der Waals surface area (Å²) in [5.41, 5.74) is 0. The SMILES string of the molecule is O=S(=O)(c1ccc(CCO)s1)N1CCOC2CCCCC21. The summed E-state index contributed by atoms with van der Waals surface area (Å²) in [5.74, 6) is 0. The van der Waals surface area contributed by atoms with Crippen molar-refractivity contribution >= 4 is 21.4 Å². The second kappa shape index (κ2) is 6.34. The average molecular weight is 331 g/mol. The van der Waals surface area contributed by atoms with Crippen LogP contribution in [0.25, 0.3) is 0 Å². The van der Waals surface area contributed by atoms with Gasteiger partial charge in [-0.3, -0.25) is 0 Å². The maximum Gasteiger partial charge on any atom is 0.252 e. The van der Waals surface area contributed by atoms with Crippen LogP contribution in [-0.2, 0) is 21.2 Å². The molecule has 2 unspecified atom stereocenters. The molecule has 118 valence electrons. The Hall–Kier alpha value is -0.470. The Kier molecular flexibility index (Phi) is 4.66. The summed E-state index contributed by atoms with van der Waals surface area (Å²) in [4.78, 5) is 0.907. The van der Waals surface area contributed by atoms with Gasteiger partial charge in [0.1, 0.15) is 4.21 Å². The van der Waals surface area contributed by atoms with Gasteiger partial charge in [0.25, 0.3) is 10.0 Å². The third-order valence-electron chi connectivity index (χ3n) is 4.24. The molecule has 1 aromatic heterocycles. The van der Waals surface area contributed by atoms with Gasteiger partial charge in [0.15, 0.2) is 0 Å². The number of aliphatic hydroxyl groups is 1. The summed E-state index contributed by atoms with van der Waals surface area (Å²) in [6, 6.07) is 3.45. The molecule has 7 heteroatoms. The van der Waals surface area contributed by atoms with Crippen molar-refractivity contribution in [3.63, 3.8) is 0 Å². The smallest absolute Gasteiger partial charge is 0.252 e. The summed E-state index contributed by atoms with van der Waals surface area (Å²) >= 11 is 1.27. The third-order valence-corrected chi connectivity index (χ3v) is 7.78. The predicted molar refractivity (Wildman–Crippen MR) is 81.0 cm³/mol. The average Bonchev–Trinajstić information content (AvgIpc) is 2.96. The third kappa shape index (κ3) is 3.03. The number of fused-ring (bicyclic) bond motifs is 1. The lowest BCUT2D eigenvalue weighted by Crippen LogP contribution is -2.54. The van der Waals surface area contributed by atoms with Gasteiger partial charge in [-0.05, 0) is 25.0 Å². The zero-order valence-corrected chi connectivity index (χ0v) is 13.5. The molecule has 5 nitrogen and oxygen atoms in total. The van der Waals surface area contributed by atoms with Gasteiger partial charge < -0.3 is 9.84 Å². The fraction of sp³-hybridized carbons (Fsp3) is 0.714. The molecule has 2 fully saturated rings. The molecule has 0 amide bonds. The lowest BCUT2D eigenvalue weighted by atomic mass is 9.91. The van der Waals surface area contributed by atoms with E-state index in [1.807, 2.05) is 0 Å². The number of hydrogen-bond acceptors (Lipinski definition) is 5. The number of thiophene rings is 1. The predicted octanol–water partition coefficient (Wildman–Crippen LogP) is 1.61. The van der Waals surface area contributed by atoms with Crippen LogP contribution >= 0.6 is 11.3 Å². The van der Waals surface area contributed by atoms with Crippen LogP contribution in [0, 0.1) is 0 Å². The molecule has 3 rings (SSSR count). The molecule has 1 aromatic rings. The molecule has 0 radical (unpaired) electrons. The van der Waals surface area contributed by atoms with E-state index in [4.69, 9.17) is 9.84 Å². The number of sulfonamides is 1. The number of morpholine rings is 1. The minimum atomic E-state index is -3.44. The molecule has 1 aliphatic heterocycles. The van der Waals surface area contributed by atoms with Crippen molar-refractivity contribution in [3.8, 4) is 0 Å². The summed E-state index contributed by atoms with van der Waals surface area (Å²) in [6.45, 7) is 0.967. The molecule has 2 atom stereocenters. The van der Waals surface area contributed by atoms with E-state index in [-0.39, 0.29) is 18.8 Å². The Bertz CT molecular complexity index is 582. The molecule has 21 heavy (non-hydrogen) atoms. The van der Waals surface area contributed by atoms with Gasteiger partial charge in [0.2, 0.25) is 0 Å². The van der Waals surface area contributed by atoms with Crippen LogP contribution in [0.3, 0.4) is 0 Å². The van der Waals surface area contributed by atoms with E-state index in [9.17, 15) is 8.42 Å². The topological polar surface area (TPSA) is 66.8 Å². The Balaban J connectivity index is 1.85. The van der Waals surface area contributed by atoms with E-state index in [2.05, 4.69) is 0 Å². The lowest BCUT2D eigenvalue weighted by molar-refractivity contribution is -0.0585. The number of aliphatic hydroxyl groups excluding tert-OH is 1. The van der Waals surface area contributed by atoms with Crippen LogP contribution < -0.4 is 0 Å². The zero-order chi connectivity index (χ0) is 14.9. The first kappa shape index (κ1) is 15.4. The van der Waals surface area contributed by atoms with Crippen molar-refractivity contribution in [1.82, 2.24) is 4.31 Å². The van der Waals surface area contributed by atoms with Crippen molar-refractivity contribution < 1.29 is 18.3 Å². The van der Waals surface area contributed by atoms with Crippen molar-refractivity contribution in [3.05, 3.63) is 17.0 Å². The van der Waals surface area contributed by atoms with Crippen LogP contribution in [0.2, 0.25) is 0 Å². The van der Waals surface area contributed by atoms with Crippen molar-refractivity contribution in [2.24, 2.45) is 0 Å². The summed E-state index contributed by atoms with van der Waals surface area (Å²) in [7, 11) is -3.44. The highest BCUT2D eigenvalue weighted by molar-refractivity contribution is 7.91. The van der Waals surface area contributed by atoms with Crippen molar-refractivity contribution in [2.75, 3.05) is 19.8 Å². The van der Waals surface area contributed by atoms with E-state index in [1.54, 1.807) is 16.4 Å². The van der Waals surface area contributed by atoms with Gasteiger partial charge in [0.05, 0.1) is 18.8 Å². The fourth-order valence-corrected chi connectivity index (χ4v) is 6.35. The maximum atomic E-state index is 12.9. The van der Waals surface area contributed by atoms with Crippen molar-refractivity contribution in [2.45, 2.75) is 48.5 Å². The summed E-state index contributed by atoms with van der Waals surface area (Å²) in [5, 5.41) is 8.97. The van der Waals surface area contributed by atoms with Crippen LogP contribution in [0.15, 0.2) is 16.3 Å². The van der Waals surface area contributed by atoms with Crippen LogP contribution in [0.1, 0.15) is 30.6 Å². The Labute approximate surface area is 129 Å². The van der Waals surface area contributed by atoms with E-state index in [0.717, 1.165) is 30.6 Å². The van der Waals surface area contributed by atoms with Gasteiger partial charge in [0, 0.05) is 24.4 Å². The first-order valence-corrected chi connectivity index (χ1v) is 9.71. The van der Waals surface area contributed by atoms with E-state index in [1.165, 1.54) is 11.3 Å². The van der Waals surface area contributed by atoms with Crippen LogP contribution in [0.5, 0.6) is 0 Å².